The normalized spacial score (nSPS) is 7.55. The molecule has 0 aliphatic rings. The largest absolute Gasteiger partial charge is 2.00 e. The predicted molar refractivity (Wildman–Crippen MR) is 40.9 cm³/mol. The number of hydrogen-bond acceptors (Lipinski definition) is 2. The minimum atomic E-state index is -4.64. The molecule has 0 atom stereocenters. The molecule has 0 aromatic rings. The SMILES string of the molecule is O=C(O)O.O=P(O)(O)O.[H-].[H-].[H-].[H-].[Mg+2].[Mg+2]. The first-order valence-electron chi connectivity index (χ1n) is 1.43. The van der Waals surface area contributed by atoms with Crippen LogP contribution in [0.15, 0.2) is 0 Å². The van der Waals surface area contributed by atoms with Crippen LogP contribution in [0, 0.1) is 0 Å². The van der Waals surface area contributed by atoms with E-state index < -0.39 is 14.0 Å². The van der Waals surface area contributed by atoms with Crippen LogP contribution in [-0.2, 0) is 4.57 Å². The van der Waals surface area contributed by atoms with Crippen LogP contribution in [-0.4, -0.2) is 77.2 Å². The quantitative estimate of drug-likeness (QED) is 0.256. The number of phosphoric acid groups is 1. The monoisotopic (exact) mass is 212 g/mol. The summed E-state index contributed by atoms with van der Waals surface area (Å²) in [4.78, 5) is 30.1. The van der Waals surface area contributed by atoms with Crippen molar-refractivity contribution in [2.75, 3.05) is 0 Å². The Morgan fingerprint density at radius 2 is 1.09 bits per heavy atom. The van der Waals surface area contributed by atoms with Crippen LogP contribution >= 0.6 is 7.82 Å². The Labute approximate surface area is 99.9 Å². The Morgan fingerprint density at radius 3 is 1.09 bits per heavy atom. The van der Waals surface area contributed by atoms with Crippen molar-refractivity contribution in [2.45, 2.75) is 0 Å². The zero-order chi connectivity index (χ0) is 8.08. The molecule has 0 radical (unpaired) electrons. The van der Waals surface area contributed by atoms with Gasteiger partial charge >= 0.3 is 60.1 Å². The van der Waals surface area contributed by atoms with Crippen LogP contribution < -0.4 is 0 Å². The Morgan fingerprint density at radius 1 is 1.09 bits per heavy atom. The van der Waals surface area contributed by atoms with Crippen LogP contribution in [0.5, 0.6) is 0 Å². The van der Waals surface area contributed by atoms with Gasteiger partial charge in [0.2, 0.25) is 0 Å². The van der Waals surface area contributed by atoms with Crippen LogP contribution in [0.2, 0.25) is 0 Å². The van der Waals surface area contributed by atoms with E-state index in [9.17, 15) is 0 Å². The summed E-state index contributed by atoms with van der Waals surface area (Å²) in [5.74, 6) is 0. The van der Waals surface area contributed by atoms with Crippen LogP contribution in [0.3, 0.4) is 0 Å². The summed E-state index contributed by atoms with van der Waals surface area (Å²) in [6, 6.07) is 0. The van der Waals surface area contributed by atoms with E-state index in [0.29, 0.717) is 0 Å². The van der Waals surface area contributed by atoms with Crippen molar-refractivity contribution in [1.82, 2.24) is 0 Å². The molecule has 0 rings (SSSR count). The molecule has 0 unspecified atom stereocenters. The summed E-state index contributed by atoms with van der Waals surface area (Å²) in [6.07, 6.45) is -1.83. The Hall–Kier alpha value is 0.912. The summed E-state index contributed by atoms with van der Waals surface area (Å²) in [5.41, 5.74) is 0. The second-order valence-electron chi connectivity index (χ2n) is 0.796. The minimum absolute atomic E-state index is 0. The topological polar surface area (TPSA) is 135 Å². The van der Waals surface area contributed by atoms with E-state index in [0.717, 1.165) is 0 Å². The molecule has 0 spiro atoms. The van der Waals surface area contributed by atoms with E-state index >= 15 is 0 Å². The molecule has 0 aromatic heterocycles. The molecule has 0 aliphatic heterocycles. The zero-order valence-corrected chi connectivity index (χ0v) is 9.14. The fourth-order valence-corrected chi connectivity index (χ4v) is 0. The molecular formula is CH9Mg2O7P. The van der Waals surface area contributed by atoms with Crippen molar-refractivity contribution in [3.8, 4) is 0 Å². The summed E-state index contributed by atoms with van der Waals surface area (Å²) in [7, 11) is -4.64. The van der Waals surface area contributed by atoms with Gasteiger partial charge in [-0.15, -0.1) is 0 Å². The molecule has 0 fully saturated rings. The van der Waals surface area contributed by atoms with Crippen molar-refractivity contribution >= 4 is 60.1 Å². The van der Waals surface area contributed by atoms with Crippen molar-refractivity contribution in [3.05, 3.63) is 0 Å². The first kappa shape index (κ1) is 22.7. The van der Waals surface area contributed by atoms with E-state index in [1.165, 1.54) is 0 Å². The van der Waals surface area contributed by atoms with Gasteiger partial charge in [-0.25, -0.2) is 9.36 Å². The second-order valence-corrected chi connectivity index (χ2v) is 1.82. The van der Waals surface area contributed by atoms with Gasteiger partial charge in [-0.2, -0.15) is 0 Å². The molecule has 0 amide bonds. The third-order valence-electron chi connectivity index (χ3n) is 0. The molecule has 5 N–H and O–H groups in total. The molecule has 64 valence electrons. The second kappa shape index (κ2) is 10.9. The average Bonchev–Trinajstić information content (AvgIpc) is 1.19. The Kier molecular flexibility index (Phi) is 22.5. The maximum atomic E-state index is 8.88. The van der Waals surface area contributed by atoms with E-state index in [1.54, 1.807) is 0 Å². The first-order chi connectivity index (χ1) is 3.73. The Bertz CT molecular complexity index is 129. The fourth-order valence-electron chi connectivity index (χ4n) is 0. The smallest absolute Gasteiger partial charge is 1.00 e. The van der Waals surface area contributed by atoms with Crippen molar-refractivity contribution in [1.29, 1.82) is 0 Å². The van der Waals surface area contributed by atoms with Gasteiger partial charge in [0.25, 0.3) is 0 Å². The van der Waals surface area contributed by atoms with Crippen molar-refractivity contribution < 1.29 is 40.0 Å². The summed E-state index contributed by atoms with van der Waals surface area (Å²) in [5, 5.41) is 13.9. The standard InChI is InChI=1S/CH2O3.2Mg.H3O4P.4H/c2-1(3)4;;;1-5(2,3)4;;;;/h(H2,2,3,4);;;(H3,1,2,3,4);;;;/q;2*+2;;4*-1. The molecule has 0 saturated heterocycles. The minimum Gasteiger partial charge on any atom is -1.00 e. The number of carbonyl (C=O) groups is 1. The molecule has 10 heteroatoms. The van der Waals surface area contributed by atoms with E-state index in [4.69, 9.17) is 34.3 Å². The Balaban J connectivity index is -0.00000000785. The maximum Gasteiger partial charge on any atom is 2.00 e. The van der Waals surface area contributed by atoms with E-state index in [-0.39, 0.29) is 51.8 Å². The molecular weight excluding hydrogens is 204 g/mol. The van der Waals surface area contributed by atoms with Gasteiger partial charge in [-0.1, -0.05) is 0 Å². The zero-order valence-electron chi connectivity index (χ0n) is 9.41. The maximum absolute atomic E-state index is 8.88. The van der Waals surface area contributed by atoms with Gasteiger partial charge in [-0.3, -0.25) is 0 Å². The van der Waals surface area contributed by atoms with E-state index in [2.05, 4.69) is 0 Å². The summed E-state index contributed by atoms with van der Waals surface area (Å²) < 4.78 is 8.88. The number of carboxylic acid groups (broad SMARTS) is 2. The van der Waals surface area contributed by atoms with Crippen LogP contribution in [0.4, 0.5) is 4.79 Å². The first-order valence-corrected chi connectivity index (χ1v) is 3.00. The van der Waals surface area contributed by atoms with Gasteiger partial charge in [0, 0.05) is 0 Å². The summed E-state index contributed by atoms with van der Waals surface area (Å²) >= 11 is 0. The molecule has 11 heavy (non-hydrogen) atoms. The third kappa shape index (κ3) is 1040. The predicted octanol–water partition coefficient (Wildman–Crippen LogP) is -1.02. The summed E-state index contributed by atoms with van der Waals surface area (Å²) in [6.45, 7) is 0. The van der Waals surface area contributed by atoms with Gasteiger partial charge < -0.3 is 30.6 Å². The molecule has 0 heterocycles. The van der Waals surface area contributed by atoms with Gasteiger partial charge in [-0.05, 0) is 0 Å². The number of rotatable bonds is 0. The third-order valence-corrected chi connectivity index (χ3v) is 0. The fraction of sp³-hybridized carbons (Fsp3) is 0. The van der Waals surface area contributed by atoms with Gasteiger partial charge in [0.05, 0.1) is 0 Å². The average molecular weight is 213 g/mol. The molecule has 7 nitrogen and oxygen atoms in total. The van der Waals surface area contributed by atoms with Crippen molar-refractivity contribution in [2.24, 2.45) is 0 Å². The molecule has 0 saturated carbocycles. The van der Waals surface area contributed by atoms with Crippen LogP contribution in [0.1, 0.15) is 5.71 Å². The van der Waals surface area contributed by atoms with E-state index in [1.807, 2.05) is 0 Å². The molecule has 0 bridgehead atoms. The number of hydrogen-bond donors (Lipinski definition) is 5. The van der Waals surface area contributed by atoms with Gasteiger partial charge in [0.15, 0.2) is 0 Å². The van der Waals surface area contributed by atoms with Crippen LogP contribution in [0.25, 0.3) is 0 Å². The molecule has 0 aromatic carbocycles. The van der Waals surface area contributed by atoms with Gasteiger partial charge in [0.1, 0.15) is 0 Å². The molecule has 0 aliphatic carbocycles. The van der Waals surface area contributed by atoms with Crippen molar-refractivity contribution in [3.63, 3.8) is 0 Å².